The van der Waals surface area contributed by atoms with Crippen LogP contribution in [0.1, 0.15) is 26.5 Å². The van der Waals surface area contributed by atoms with Gasteiger partial charge in [0.25, 0.3) is 5.91 Å². The molecule has 0 aliphatic heterocycles. The summed E-state index contributed by atoms with van der Waals surface area (Å²) < 4.78 is 15.4. The van der Waals surface area contributed by atoms with E-state index in [9.17, 15) is 9.59 Å². The molecule has 0 fully saturated rings. The lowest BCUT2D eigenvalue weighted by Gasteiger charge is -2.10. The monoisotopic (exact) mass is 381 g/mol. The highest BCUT2D eigenvalue weighted by Gasteiger charge is 2.16. The van der Waals surface area contributed by atoms with E-state index in [2.05, 4.69) is 16.0 Å². The van der Waals surface area contributed by atoms with Gasteiger partial charge in [-0.3, -0.25) is 20.4 Å². The van der Waals surface area contributed by atoms with E-state index in [1.54, 1.807) is 12.1 Å². The average molecular weight is 381 g/mol. The molecule has 0 aliphatic carbocycles. The Labute approximate surface area is 161 Å². The Morgan fingerprint density at radius 1 is 0.893 bits per heavy atom. The van der Waals surface area contributed by atoms with E-state index in [1.807, 2.05) is 31.2 Å². The van der Waals surface area contributed by atoms with Crippen LogP contribution < -0.4 is 20.3 Å². The Morgan fingerprint density at radius 2 is 1.57 bits per heavy atom. The second kappa shape index (κ2) is 8.26. The van der Waals surface area contributed by atoms with Crippen LogP contribution >= 0.6 is 0 Å². The van der Waals surface area contributed by atoms with Crippen molar-refractivity contribution in [3.05, 3.63) is 65.4 Å². The van der Waals surface area contributed by atoms with E-state index in [0.717, 1.165) is 11.1 Å². The fourth-order valence-corrected chi connectivity index (χ4v) is 2.47. The second-order valence-corrected chi connectivity index (χ2v) is 5.92. The molecule has 28 heavy (non-hydrogen) atoms. The fraction of sp³-hybridized carbons (Fsp3) is 0.150. The number of carbonyl (C=O) groups excluding carboxylic acids is 2. The van der Waals surface area contributed by atoms with Gasteiger partial charge in [-0.2, -0.15) is 0 Å². The molecule has 0 radical (unpaired) electrons. The Balaban J connectivity index is 1.64. The maximum Gasteiger partial charge on any atom is 0.308 e. The lowest BCUT2D eigenvalue weighted by atomic mass is 10.1. The predicted octanol–water partition coefficient (Wildman–Crippen LogP) is 2.74. The summed E-state index contributed by atoms with van der Waals surface area (Å²) in [5, 5.41) is 3.89. The van der Waals surface area contributed by atoms with Gasteiger partial charge < -0.3 is 14.0 Å². The summed E-state index contributed by atoms with van der Waals surface area (Å²) in [5.74, 6) is -0.275. The zero-order chi connectivity index (χ0) is 20.1. The number of carbonyl (C=O) groups is 2. The van der Waals surface area contributed by atoms with Gasteiger partial charge >= 0.3 is 5.91 Å². The van der Waals surface area contributed by atoms with Crippen LogP contribution in [-0.4, -0.2) is 31.2 Å². The second-order valence-electron chi connectivity index (χ2n) is 5.92. The van der Waals surface area contributed by atoms with Crippen LogP contribution in [0.4, 0.5) is 0 Å². The highest BCUT2D eigenvalue weighted by Crippen LogP contribution is 2.27. The fourth-order valence-electron chi connectivity index (χ4n) is 2.47. The van der Waals surface area contributed by atoms with Crippen molar-refractivity contribution in [2.75, 3.05) is 14.2 Å². The van der Waals surface area contributed by atoms with Gasteiger partial charge in [-0.1, -0.05) is 35.0 Å². The number of nitrogens with zero attached hydrogens (tertiary/aromatic N) is 1. The van der Waals surface area contributed by atoms with E-state index in [-0.39, 0.29) is 11.3 Å². The van der Waals surface area contributed by atoms with Crippen LogP contribution in [0.15, 0.2) is 53.1 Å². The molecule has 0 saturated carbocycles. The number of nitrogens with one attached hydrogen (secondary N) is 2. The number of methoxy groups -OCH3 is 2. The van der Waals surface area contributed by atoms with Gasteiger partial charge in [0, 0.05) is 17.2 Å². The van der Waals surface area contributed by atoms with Crippen molar-refractivity contribution in [3.8, 4) is 22.8 Å². The molecule has 0 atom stereocenters. The molecule has 144 valence electrons. The molecule has 0 bridgehead atoms. The zero-order valence-corrected chi connectivity index (χ0v) is 15.6. The topological polar surface area (TPSA) is 103 Å². The Morgan fingerprint density at radius 3 is 2.25 bits per heavy atom. The lowest BCUT2D eigenvalue weighted by Crippen LogP contribution is -2.41. The predicted molar refractivity (Wildman–Crippen MR) is 101 cm³/mol. The van der Waals surface area contributed by atoms with Crippen LogP contribution in [0, 0.1) is 6.92 Å². The summed E-state index contributed by atoms with van der Waals surface area (Å²) >= 11 is 0. The molecule has 3 rings (SSSR count). The first-order valence-corrected chi connectivity index (χ1v) is 8.38. The van der Waals surface area contributed by atoms with Gasteiger partial charge in [-0.25, -0.2) is 0 Å². The summed E-state index contributed by atoms with van der Waals surface area (Å²) in [6.45, 7) is 1.98. The highest BCUT2D eigenvalue weighted by atomic mass is 16.5. The largest absolute Gasteiger partial charge is 0.493 e. The van der Waals surface area contributed by atoms with Crippen LogP contribution in [0.25, 0.3) is 11.3 Å². The van der Waals surface area contributed by atoms with Crippen molar-refractivity contribution in [2.24, 2.45) is 0 Å². The standard InChI is InChI=1S/C20H19N3O5/c1-12-4-6-13(7-5-12)15-11-18(28-23-15)20(25)22-21-19(24)14-8-9-16(26-2)17(10-14)27-3/h4-11H,1-3H3,(H,21,24)(H,22,25). The van der Waals surface area contributed by atoms with Crippen LogP contribution in [-0.2, 0) is 0 Å². The SMILES string of the molecule is COc1ccc(C(=O)NNC(=O)c2cc(-c3ccc(C)cc3)no2)cc1OC. The first-order valence-electron chi connectivity index (χ1n) is 8.38. The summed E-state index contributed by atoms with van der Waals surface area (Å²) in [7, 11) is 2.97. The molecule has 2 aromatic carbocycles. The zero-order valence-electron chi connectivity index (χ0n) is 15.6. The Kier molecular flexibility index (Phi) is 5.59. The maximum atomic E-state index is 12.2. The van der Waals surface area contributed by atoms with Crippen LogP contribution in [0.2, 0.25) is 0 Å². The van der Waals surface area contributed by atoms with Crippen molar-refractivity contribution in [2.45, 2.75) is 6.92 Å². The molecule has 0 saturated heterocycles. The van der Waals surface area contributed by atoms with Crippen LogP contribution in [0.5, 0.6) is 11.5 Å². The van der Waals surface area contributed by atoms with Crippen molar-refractivity contribution in [1.29, 1.82) is 0 Å². The van der Waals surface area contributed by atoms with Crippen molar-refractivity contribution in [1.82, 2.24) is 16.0 Å². The van der Waals surface area contributed by atoms with Gasteiger partial charge in [0.2, 0.25) is 5.76 Å². The summed E-state index contributed by atoms with van der Waals surface area (Å²) in [6.07, 6.45) is 0. The number of hydrogen-bond donors (Lipinski definition) is 2. The molecular formula is C20H19N3O5. The van der Waals surface area contributed by atoms with Gasteiger partial charge in [0.15, 0.2) is 11.5 Å². The van der Waals surface area contributed by atoms with E-state index in [0.29, 0.717) is 17.2 Å². The number of hydrazine groups is 1. The molecule has 8 heteroatoms. The van der Waals surface area contributed by atoms with E-state index >= 15 is 0 Å². The van der Waals surface area contributed by atoms with Gasteiger partial charge in [0.1, 0.15) is 5.69 Å². The molecule has 3 aromatic rings. The first kappa shape index (κ1) is 19.0. The number of benzene rings is 2. The van der Waals surface area contributed by atoms with E-state index in [4.69, 9.17) is 14.0 Å². The minimum Gasteiger partial charge on any atom is -0.493 e. The maximum absolute atomic E-state index is 12.2. The molecule has 8 nitrogen and oxygen atoms in total. The third-order valence-electron chi connectivity index (χ3n) is 4.02. The molecule has 2 N–H and O–H groups in total. The summed E-state index contributed by atoms with van der Waals surface area (Å²) in [5.41, 5.74) is 7.36. The minimum atomic E-state index is -0.625. The average Bonchev–Trinajstić information content (AvgIpc) is 3.22. The number of hydrogen-bond acceptors (Lipinski definition) is 6. The van der Waals surface area contributed by atoms with E-state index in [1.165, 1.54) is 26.4 Å². The van der Waals surface area contributed by atoms with Crippen molar-refractivity contribution < 1.29 is 23.6 Å². The molecular weight excluding hydrogens is 362 g/mol. The number of aryl methyl sites for hydroxylation is 1. The number of rotatable bonds is 5. The number of aromatic nitrogens is 1. The normalized spacial score (nSPS) is 10.2. The number of amides is 2. The molecule has 0 spiro atoms. The van der Waals surface area contributed by atoms with Crippen molar-refractivity contribution in [3.63, 3.8) is 0 Å². The summed E-state index contributed by atoms with van der Waals surface area (Å²) in [4.78, 5) is 24.4. The Hall–Kier alpha value is -3.81. The first-order chi connectivity index (χ1) is 13.5. The third-order valence-corrected chi connectivity index (χ3v) is 4.02. The molecule has 0 unspecified atom stereocenters. The molecule has 0 aliphatic rings. The molecule has 1 aromatic heterocycles. The van der Waals surface area contributed by atoms with Crippen molar-refractivity contribution >= 4 is 11.8 Å². The smallest absolute Gasteiger partial charge is 0.308 e. The Bertz CT molecular complexity index is 995. The quantitative estimate of drug-likeness (QED) is 0.659. The minimum absolute atomic E-state index is 0.0248. The highest BCUT2D eigenvalue weighted by molar-refractivity contribution is 5.98. The third kappa shape index (κ3) is 4.12. The molecule has 2 amide bonds. The molecule has 1 heterocycles. The van der Waals surface area contributed by atoms with E-state index < -0.39 is 11.8 Å². The van der Waals surface area contributed by atoms with Gasteiger partial charge in [-0.15, -0.1) is 0 Å². The number of ether oxygens (including phenoxy) is 2. The van der Waals surface area contributed by atoms with Gasteiger partial charge in [-0.05, 0) is 25.1 Å². The summed E-state index contributed by atoms with van der Waals surface area (Å²) in [6, 6.07) is 13.8. The lowest BCUT2D eigenvalue weighted by molar-refractivity contribution is 0.0825. The van der Waals surface area contributed by atoms with Gasteiger partial charge in [0.05, 0.1) is 14.2 Å². The van der Waals surface area contributed by atoms with Crippen LogP contribution in [0.3, 0.4) is 0 Å².